The molecule has 0 atom stereocenters. The minimum Gasteiger partial charge on any atom is -0.481 e. The molecule has 1 aromatic rings. The fraction of sp³-hybridized carbons (Fsp3) is 0.333. The lowest BCUT2D eigenvalue weighted by molar-refractivity contribution is -0.136. The van der Waals surface area contributed by atoms with Crippen molar-refractivity contribution in [2.75, 3.05) is 25.2 Å². The van der Waals surface area contributed by atoms with Crippen LogP contribution in [0.15, 0.2) is 24.3 Å². The monoisotopic (exact) mass is 255 g/mol. The van der Waals surface area contributed by atoms with Crippen molar-refractivity contribution >= 4 is 17.6 Å². The second kappa shape index (κ2) is 6.70. The van der Waals surface area contributed by atoms with E-state index in [-0.39, 0.29) is 19.6 Å². The van der Waals surface area contributed by atoms with Gasteiger partial charge in [-0.15, -0.1) is 0 Å². The number of ether oxygens (including phenoxy) is 1. The third kappa shape index (κ3) is 4.14. The summed E-state index contributed by atoms with van der Waals surface area (Å²) in [5.41, 5.74) is 0.318. The van der Waals surface area contributed by atoms with Crippen molar-refractivity contribution in [3.05, 3.63) is 30.1 Å². The summed E-state index contributed by atoms with van der Waals surface area (Å²) in [6.07, 6.45) is -0.216. The largest absolute Gasteiger partial charge is 0.481 e. The van der Waals surface area contributed by atoms with E-state index in [2.05, 4.69) is 0 Å². The van der Waals surface area contributed by atoms with Gasteiger partial charge in [-0.05, 0) is 18.2 Å². The van der Waals surface area contributed by atoms with Gasteiger partial charge in [-0.1, -0.05) is 6.07 Å². The van der Waals surface area contributed by atoms with Crippen LogP contribution < -0.4 is 4.90 Å². The first-order chi connectivity index (χ1) is 8.54. The number of benzene rings is 1. The van der Waals surface area contributed by atoms with E-state index < -0.39 is 17.7 Å². The van der Waals surface area contributed by atoms with Crippen LogP contribution in [0.5, 0.6) is 0 Å². The Hall–Kier alpha value is -1.95. The predicted octanol–water partition coefficient (Wildman–Crippen LogP) is 1.28. The summed E-state index contributed by atoms with van der Waals surface area (Å²) in [5, 5.41) is 8.63. The lowest BCUT2D eigenvalue weighted by Gasteiger charge is -2.21. The zero-order valence-corrected chi connectivity index (χ0v) is 9.93. The lowest BCUT2D eigenvalue weighted by atomic mass is 10.2. The van der Waals surface area contributed by atoms with Crippen LogP contribution in [-0.2, 0) is 14.3 Å². The molecule has 0 saturated heterocycles. The first kappa shape index (κ1) is 14.1. The summed E-state index contributed by atoms with van der Waals surface area (Å²) < 4.78 is 17.8. The molecule has 0 aliphatic heterocycles. The van der Waals surface area contributed by atoms with Crippen molar-refractivity contribution in [1.29, 1.82) is 0 Å². The molecular formula is C12H14FNO4. The standard InChI is InChI=1S/C12H14FNO4/c1-18-8-11(15)14(6-5-12(16)17)10-4-2-3-9(13)7-10/h2-4,7H,5-6,8H2,1H3,(H,16,17). The Morgan fingerprint density at radius 3 is 2.72 bits per heavy atom. The van der Waals surface area contributed by atoms with Gasteiger partial charge < -0.3 is 14.7 Å². The van der Waals surface area contributed by atoms with Gasteiger partial charge in [-0.2, -0.15) is 0 Å². The second-order valence-electron chi connectivity index (χ2n) is 3.60. The number of halogens is 1. The van der Waals surface area contributed by atoms with Crippen molar-refractivity contribution < 1.29 is 23.8 Å². The molecule has 0 saturated carbocycles. The normalized spacial score (nSPS) is 10.1. The summed E-state index contributed by atoms with van der Waals surface area (Å²) in [4.78, 5) is 23.5. The minimum absolute atomic E-state index is 0.0268. The highest BCUT2D eigenvalue weighted by molar-refractivity contribution is 5.94. The van der Waals surface area contributed by atoms with Crippen molar-refractivity contribution in [2.45, 2.75) is 6.42 Å². The highest BCUT2D eigenvalue weighted by atomic mass is 19.1. The molecule has 0 aliphatic carbocycles. The smallest absolute Gasteiger partial charge is 0.305 e. The first-order valence-corrected chi connectivity index (χ1v) is 5.31. The van der Waals surface area contributed by atoms with Crippen molar-refractivity contribution in [3.63, 3.8) is 0 Å². The Labute approximate surface area is 104 Å². The number of amides is 1. The number of carboxylic acid groups (broad SMARTS) is 1. The highest BCUT2D eigenvalue weighted by Crippen LogP contribution is 2.16. The van der Waals surface area contributed by atoms with Crippen LogP contribution in [0.1, 0.15) is 6.42 Å². The highest BCUT2D eigenvalue weighted by Gasteiger charge is 2.17. The number of methoxy groups -OCH3 is 1. The van der Waals surface area contributed by atoms with E-state index in [9.17, 15) is 14.0 Å². The van der Waals surface area contributed by atoms with Gasteiger partial charge in [0.25, 0.3) is 5.91 Å². The molecule has 0 bridgehead atoms. The van der Waals surface area contributed by atoms with E-state index >= 15 is 0 Å². The summed E-state index contributed by atoms with van der Waals surface area (Å²) >= 11 is 0. The molecule has 0 aromatic heterocycles. The van der Waals surface area contributed by atoms with E-state index in [0.29, 0.717) is 5.69 Å². The molecule has 1 N–H and O–H groups in total. The van der Waals surface area contributed by atoms with Gasteiger partial charge in [0, 0.05) is 19.3 Å². The molecule has 0 aliphatic rings. The summed E-state index contributed by atoms with van der Waals surface area (Å²) in [5.74, 6) is -1.93. The molecule has 1 rings (SSSR count). The molecule has 6 heteroatoms. The van der Waals surface area contributed by atoms with Gasteiger partial charge in [-0.3, -0.25) is 9.59 Å². The fourth-order valence-electron chi connectivity index (χ4n) is 1.45. The summed E-state index contributed by atoms with van der Waals surface area (Å²) in [6.45, 7) is -0.211. The van der Waals surface area contributed by atoms with E-state index in [4.69, 9.17) is 9.84 Å². The number of hydrogen-bond acceptors (Lipinski definition) is 3. The van der Waals surface area contributed by atoms with E-state index in [0.717, 1.165) is 0 Å². The molecule has 0 radical (unpaired) electrons. The van der Waals surface area contributed by atoms with Gasteiger partial charge in [0.2, 0.25) is 0 Å². The average Bonchev–Trinajstić information content (AvgIpc) is 2.29. The fourth-order valence-corrected chi connectivity index (χ4v) is 1.45. The minimum atomic E-state index is -1.03. The molecule has 98 valence electrons. The predicted molar refractivity (Wildman–Crippen MR) is 62.9 cm³/mol. The topological polar surface area (TPSA) is 66.8 Å². The number of carboxylic acids is 1. The van der Waals surface area contributed by atoms with Crippen LogP contribution in [0, 0.1) is 5.82 Å². The SMILES string of the molecule is COCC(=O)N(CCC(=O)O)c1cccc(F)c1. The molecule has 1 amide bonds. The number of hydrogen-bond donors (Lipinski definition) is 1. The van der Waals surface area contributed by atoms with Crippen LogP contribution in [0.2, 0.25) is 0 Å². The van der Waals surface area contributed by atoms with E-state index in [1.165, 1.54) is 30.2 Å². The maximum absolute atomic E-state index is 13.1. The van der Waals surface area contributed by atoms with Crippen molar-refractivity contribution in [1.82, 2.24) is 0 Å². The Morgan fingerprint density at radius 2 is 2.17 bits per heavy atom. The van der Waals surface area contributed by atoms with Crippen LogP contribution in [0.25, 0.3) is 0 Å². The number of aliphatic carboxylic acids is 1. The van der Waals surface area contributed by atoms with Crippen molar-refractivity contribution in [2.24, 2.45) is 0 Å². The maximum atomic E-state index is 13.1. The molecule has 1 aromatic carbocycles. The molecule has 0 unspecified atom stereocenters. The number of anilines is 1. The van der Waals surface area contributed by atoms with Gasteiger partial charge in [-0.25, -0.2) is 4.39 Å². The third-order valence-electron chi connectivity index (χ3n) is 2.24. The average molecular weight is 255 g/mol. The molecular weight excluding hydrogens is 241 g/mol. The van der Waals surface area contributed by atoms with Crippen molar-refractivity contribution in [3.8, 4) is 0 Å². The van der Waals surface area contributed by atoms with Crippen LogP contribution in [-0.4, -0.2) is 37.2 Å². The van der Waals surface area contributed by atoms with E-state index in [1.807, 2.05) is 0 Å². The molecule has 5 nitrogen and oxygen atoms in total. The second-order valence-corrected chi connectivity index (χ2v) is 3.60. The maximum Gasteiger partial charge on any atom is 0.305 e. The molecule has 18 heavy (non-hydrogen) atoms. The third-order valence-corrected chi connectivity index (χ3v) is 2.24. The summed E-state index contributed by atoms with van der Waals surface area (Å²) in [7, 11) is 1.36. The Bertz CT molecular complexity index is 436. The van der Waals surface area contributed by atoms with Crippen LogP contribution in [0.3, 0.4) is 0 Å². The van der Waals surface area contributed by atoms with Gasteiger partial charge in [0.1, 0.15) is 12.4 Å². The van der Waals surface area contributed by atoms with Gasteiger partial charge >= 0.3 is 5.97 Å². The first-order valence-electron chi connectivity index (χ1n) is 5.31. The number of nitrogens with zero attached hydrogens (tertiary/aromatic N) is 1. The Balaban J connectivity index is 2.88. The molecule has 0 spiro atoms. The Morgan fingerprint density at radius 1 is 1.44 bits per heavy atom. The van der Waals surface area contributed by atoms with Gasteiger partial charge in [0.15, 0.2) is 0 Å². The summed E-state index contributed by atoms with van der Waals surface area (Å²) in [6, 6.07) is 5.42. The zero-order valence-electron chi connectivity index (χ0n) is 9.93. The zero-order chi connectivity index (χ0) is 13.5. The van der Waals surface area contributed by atoms with Crippen LogP contribution in [0.4, 0.5) is 10.1 Å². The molecule has 0 heterocycles. The Kier molecular flexibility index (Phi) is 5.26. The molecule has 0 fully saturated rings. The lowest BCUT2D eigenvalue weighted by Crippen LogP contribution is -2.35. The number of carbonyl (C=O) groups excluding carboxylic acids is 1. The quantitative estimate of drug-likeness (QED) is 0.831. The van der Waals surface area contributed by atoms with Crippen LogP contribution >= 0.6 is 0 Å². The number of rotatable bonds is 6. The van der Waals surface area contributed by atoms with Gasteiger partial charge in [0.05, 0.1) is 6.42 Å². The number of carbonyl (C=O) groups is 2. The van der Waals surface area contributed by atoms with E-state index in [1.54, 1.807) is 6.07 Å².